The molecular weight excluding hydrogens is 404 g/mol. The van der Waals surface area contributed by atoms with Gasteiger partial charge >= 0.3 is 5.97 Å². The first kappa shape index (κ1) is 22.1. The van der Waals surface area contributed by atoms with E-state index in [-0.39, 0.29) is 11.4 Å². The van der Waals surface area contributed by atoms with Crippen molar-refractivity contribution in [3.63, 3.8) is 0 Å². The predicted molar refractivity (Wildman–Crippen MR) is 120 cm³/mol. The van der Waals surface area contributed by atoms with E-state index >= 15 is 0 Å². The summed E-state index contributed by atoms with van der Waals surface area (Å²) >= 11 is 0. The number of nitrogens with two attached hydrogens (primary N) is 1. The third-order valence-electron chi connectivity index (χ3n) is 4.86. The van der Waals surface area contributed by atoms with Crippen LogP contribution in [-0.4, -0.2) is 20.7 Å². The summed E-state index contributed by atoms with van der Waals surface area (Å²) in [6, 6.07) is 24.8. The van der Waals surface area contributed by atoms with E-state index in [1.54, 1.807) is 47.0 Å². The molecule has 0 spiro atoms. The molecule has 0 saturated heterocycles. The van der Waals surface area contributed by atoms with Crippen LogP contribution in [0.3, 0.4) is 0 Å². The molecule has 0 bridgehead atoms. The van der Waals surface area contributed by atoms with E-state index in [0.717, 1.165) is 11.1 Å². The molecule has 1 aromatic heterocycles. The number of aromatic carboxylic acids is 1. The standard InChI is InChI=1S/C17H12N2O3.C8H8N2/c18-9-11-3-1-4-12(7-11)10-19-14-5-2-6-16(20)13(14)8-15(19)17(21)22;9-5-7-1-2-8(6-10)4-3-7/h1-8,20H,10H2,(H,21,22);1-4H,5,9H2. The van der Waals surface area contributed by atoms with Crippen LogP contribution in [0.15, 0.2) is 72.8 Å². The lowest BCUT2D eigenvalue weighted by atomic mass is 10.1. The lowest BCUT2D eigenvalue weighted by Gasteiger charge is -2.09. The number of nitriles is 2. The molecule has 32 heavy (non-hydrogen) atoms. The number of aromatic nitrogens is 1. The van der Waals surface area contributed by atoms with Gasteiger partial charge in [0.15, 0.2) is 0 Å². The molecule has 0 fully saturated rings. The second kappa shape index (κ2) is 9.94. The molecule has 0 radical (unpaired) electrons. The van der Waals surface area contributed by atoms with Crippen LogP contribution < -0.4 is 5.73 Å². The van der Waals surface area contributed by atoms with Gasteiger partial charge in [-0.05, 0) is 53.6 Å². The molecule has 0 aliphatic carbocycles. The van der Waals surface area contributed by atoms with E-state index in [0.29, 0.717) is 35.1 Å². The van der Waals surface area contributed by atoms with Crippen LogP contribution >= 0.6 is 0 Å². The Kier molecular flexibility index (Phi) is 6.87. The number of carbonyl (C=O) groups is 1. The minimum atomic E-state index is -1.06. The molecule has 0 unspecified atom stereocenters. The van der Waals surface area contributed by atoms with Gasteiger partial charge in [0.2, 0.25) is 0 Å². The van der Waals surface area contributed by atoms with Crippen LogP contribution in [0.5, 0.6) is 5.75 Å². The van der Waals surface area contributed by atoms with Gasteiger partial charge in [-0.15, -0.1) is 0 Å². The molecule has 0 aliphatic heterocycles. The van der Waals surface area contributed by atoms with Gasteiger partial charge in [0.25, 0.3) is 0 Å². The van der Waals surface area contributed by atoms with Crippen LogP contribution in [-0.2, 0) is 13.1 Å². The molecule has 0 aliphatic rings. The Morgan fingerprint density at radius 1 is 0.906 bits per heavy atom. The normalized spacial score (nSPS) is 9.97. The van der Waals surface area contributed by atoms with Crippen LogP contribution in [0.1, 0.15) is 32.7 Å². The highest BCUT2D eigenvalue weighted by molar-refractivity contribution is 5.97. The molecule has 0 saturated carbocycles. The highest BCUT2D eigenvalue weighted by atomic mass is 16.4. The maximum atomic E-state index is 11.5. The predicted octanol–water partition coefficient (Wildman–Crippen LogP) is 3.98. The third-order valence-corrected chi connectivity index (χ3v) is 4.86. The molecule has 4 rings (SSSR count). The molecular formula is C25H20N4O3. The number of hydrogen-bond acceptors (Lipinski definition) is 5. The van der Waals surface area contributed by atoms with Crippen LogP contribution in [0.4, 0.5) is 0 Å². The van der Waals surface area contributed by atoms with Crippen molar-refractivity contribution in [2.24, 2.45) is 5.73 Å². The summed E-state index contributed by atoms with van der Waals surface area (Å²) in [5.74, 6) is -1.02. The quantitative estimate of drug-likeness (QED) is 0.453. The second-order valence-electron chi connectivity index (χ2n) is 6.96. The van der Waals surface area contributed by atoms with Gasteiger partial charge < -0.3 is 20.5 Å². The van der Waals surface area contributed by atoms with Crippen molar-refractivity contribution in [3.05, 3.63) is 101 Å². The lowest BCUT2D eigenvalue weighted by Crippen LogP contribution is -2.09. The smallest absolute Gasteiger partial charge is 0.352 e. The van der Waals surface area contributed by atoms with E-state index in [2.05, 4.69) is 6.07 Å². The maximum absolute atomic E-state index is 11.5. The molecule has 7 heteroatoms. The average Bonchev–Trinajstić information content (AvgIpc) is 3.19. The fourth-order valence-corrected chi connectivity index (χ4v) is 3.25. The Balaban J connectivity index is 0.000000243. The van der Waals surface area contributed by atoms with Gasteiger partial charge in [0, 0.05) is 18.5 Å². The number of phenols is 1. The second-order valence-corrected chi connectivity index (χ2v) is 6.96. The molecule has 0 atom stereocenters. The van der Waals surface area contributed by atoms with Crippen molar-refractivity contribution >= 4 is 16.9 Å². The lowest BCUT2D eigenvalue weighted by molar-refractivity contribution is 0.0686. The van der Waals surface area contributed by atoms with Crippen LogP contribution in [0.25, 0.3) is 10.9 Å². The summed E-state index contributed by atoms with van der Waals surface area (Å²) in [6.07, 6.45) is 0. The van der Waals surface area contributed by atoms with Gasteiger partial charge in [0.05, 0.1) is 28.8 Å². The van der Waals surface area contributed by atoms with Crippen molar-refractivity contribution in [2.75, 3.05) is 0 Å². The third kappa shape index (κ3) is 4.93. The first-order valence-corrected chi connectivity index (χ1v) is 9.69. The summed E-state index contributed by atoms with van der Waals surface area (Å²) in [4.78, 5) is 11.5. The van der Waals surface area contributed by atoms with Crippen molar-refractivity contribution in [1.82, 2.24) is 4.57 Å². The van der Waals surface area contributed by atoms with E-state index in [9.17, 15) is 15.0 Å². The molecule has 7 nitrogen and oxygen atoms in total. The largest absolute Gasteiger partial charge is 0.507 e. The Bertz CT molecular complexity index is 1340. The topological polar surface area (TPSA) is 136 Å². The summed E-state index contributed by atoms with van der Waals surface area (Å²) in [6.45, 7) is 0.843. The van der Waals surface area contributed by atoms with E-state index in [1.165, 1.54) is 12.1 Å². The Hall–Kier alpha value is -4.59. The SMILES string of the molecule is N#Cc1ccc(CN)cc1.N#Cc1cccc(Cn2c(C(=O)O)cc3c(O)cccc32)c1. The van der Waals surface area contributed by atoms with Crippen molar-refractivity contribution in [2.45, 2.75) is 13.1 Å². The maximum Gasteiger partial charge on any atom is 0.352 e. The number of benzene rings is 3. The first-order valence-electron chi connectivity index (χ1n) is 9.69. The summed E-state index contributed by atoms with van der Waals surface area (Å²) in [5, 5.41) is 37.1. The van der Waals surface area contributed by atoms with E-state index in [4.69, 9.17) is 16.3 Å². The number of carboxylic acid groups (broad SMARTS) is 1. The number of aromatic hydroxyl groups is 1. The molecule has 1 heterocycles. The summed E-state index contributed by atoms with van der Waals surface area (Å²) in [5.41, 5.74) is 9.17. The fourth-order valence-electron chi connectivity index (χ4n) is 3.25. The van der Waals surface area contributed by atoms with Crippen molar-refractivity contribution in [3.8, 4) is 17.9 Å². The molecule has 3 aromatic carbocycles. The summed E-state index contributed by atoms with van der Waals surface area (Å²) in [7, 11) is 0. The zero-order chi connectivity index (χ0) is 23.1. The van der Waals surface area contributed by atoms with Gasteiger partial charge in [0.1, 0.15) is 11.4 Å². The molecule has 4 aromatic rings. The van der Waals surface area contributed by atoms with Crippen LogP contribution in [0, 0.1) is 22.7 Å². The fraction of sp³-hybridized carbons (Fsp3) is 0.0800. The van der Waals surface area contributed by atoms with Crippen LogP contribution in [0.2, 0.25) is 0 Å². The number of phenolic OH excluding ortho intramolecular Hbond substituents is 1. The Morgan fingerprint density at radius 3 is 2.22 bits per heavy atom. The van der Waals surface area contributed by atoms with Gasteiger partial charge in [-0.25, -0.2) is 4.79 Å². The molecule has 158 valence electrons. The van der Waals surface area contributed by atoms with Gasteiger partial charge in [-0.1, -0.05) is 30.3 Å². The number of hydrogen-bond donors (Lipinski definition) is 3. The van der Waals surface area contributed by atoms with Gasteiger partial charge in [-0.2, -0.15) is 10.5 Å². The first-order chi connectivity index (χ1) is 15.5. The number of fused-ring (bicyclic) bond motifs is 1. The number of rotatable bonds is 4. The zero-order valence-electron chi connectivity index (χ0n) is 17.1. The Labute approximate surface area is 184 Å². The minimum Gasteiger partial charge on any atom is -0.507 e. The number of nitrogens with zero attached hydrogens (tertiary/aromatic N) is 3. The molecule has 4 N–H and O–H groups in total. The highest BCUT2D eigenvalue weighted by Gasteiger charge is 2.16. The van der Waals surface area contributed by atoms with Crippen molar-refractivity contribution < 1.29 is 15.0 Å². The summed E-state index contributed by atoms with van der Waals surface area (Å²) < 4.78 is 1.62. The van der Waals surface area contributed by atoms with Gasteiger partial charge in [-0.3, -0.25) is 0 Å². The monoisotopic (exact) mass is 424 g/mol. The molecule has 0 amide bonds. The van der Waals surface area contributed by atoms with Crippen molar-refractivity contribution in [1.29, 1.82) is 10.5 Å². The van der Waals surface area contributed by atoms with E-state index in [1.807, 2.05) is 24.3 Å². The number of carboxylic acids is 1. The minimum absolute atomic E-state index is 0.0459. The zero-order valence-corrected chi connectivity index (χ0v) is 17.1. The Morgan fingerprint density at radius 2 is 1.59 bits per heavy atom. The highest BCUT2D eigenvalue weighted by Crippen LogP contribution is 2.28. The average molecular weight is 424 g/mol. The van der Waals surface area contributed by atoms with E-state index < -0.39 is 5.97 Å².